The van der Waals surface area contributed by atoms with Crippen LogP contribution in [-0.2, 0) is 0 Å². The topological polar surface area (TPSA) is 66.3 Å². The van der Waals surface area contributed by atoms with Crippen molar-refractivity contribution in [2.45, 2.75) is 13.3 Å². The number of hydrogen-bond acceptors (Lipinski definition) is 4. The quantitative estimate of drug-likeness (QED) is 0.776. The molecule has 0 spiro atoms. The summed E-state index contributed by atoms with van der Waals surface area (Å²) in [7, 11) is 0. The van der Waals surface area contributed by atoms with Crippen molar-refractivity contribution in [2.24, 2.45) is 5.92 Å². The average molecular weight is 221 g/mol. The van der Waals surface area contributed by atoms with Gasteiger partial charge in [0.25, 0.3) is 5.91 Å². The summed E-state index contributed by atoms with van der Waals surface area (Å²) < 4.78 is 0. The summed E-state index contributed by atoms with van der Waals surface area (Å²) in [6, 6.07) is 0. The lowest BCUT2D eigenvalue weighted by Crippen LogP contribution is -2.29. The number of aliphatic hydroxyl groups is 1. The van der Waals surface area contributed by atoms with E-state index in [1.807, 2.05) is 6.92 Å². The van der Waals surface area contributed by atoms with Gasteiger partial charge in [-0.2, -0.15) is 0 Å². The van der Waals surface area contributed by atoms with Crippen LogP contribution in [-0.4, -0.2) is 45.6 Å². The molecular formula is C11H15N3O2. The van der Waals surface area contributed by atoms with Gasteiger partial charge in [-0.05, 0) is 13.3 Å². The number of rotatable bonds is 2. The number of carbonyl (C=O) groups excluding carboxylic acids is 1. The maximum absolute atomic E-state index is 12.0. The van der Waals surface area contributed by atoms with Crippen LogP contribution in [0.1, 0.15) is 22.6 Å². The van der Waals surface area contributed by atoms with Crippen molar-refractivity contribution < 1.29 is 9.90 Å². The van der Waals surface area contributed by atoms with Crippen molar-refractivity contribution in [1.29, 1.82) is 0 Å². The first-order chi connectivity index (χ1) is 7.70. The largest absolute Gasteiger partial charge is 0.396 e. The monoisotopic (exact) mass is 221 g/mol. The van der Waals surface area contributed by atoms with Gasteiger partial charge in [-0.3, -0.25) is 9.78 Å². The molecule has 1 N–H and O–H groups in total. The predicted molar refractivity (Wildman–Crippen MR) is 57.9 cm³/mol. The second kappa shape index (κ2) is 4.57. The summed E-state index contributed by atoms with van der Waals surface area (Å²) >= 11 is 0. The van der Waals surface area contributed by atoms with Gasteiger partial charge in [0.05, 0.1) is 11.9 Å². The maximum Gasteiger partial charge on any atom is 0.274 e. The molecule has 1 saturated heterocycles. The van der Waals surface area contributed by atoms with Crippen LogP contribution in [0.4, 0.5) is 0 Å². The van der Waals surface area contributed by atoms with E-state index in [4.69, 9.17) is 5.11 Å². The van der Waals surface area contributed by atoms with E-state index < -0.39 is 0 Å². The number of carbonyl (C=O) groups is 1. The summed E-state index contributed by atoms with van der Waals surface area (Å²) in [5.41, 5.74) is 1.18. The van der Waals surface area contributed by atoms with E-state index in [1.54, 1.807) is 11.1 Å². The van der Waals surface area contributed by atoms with Crippen LogP contribution in [0.5, 0.6) is 0 Å². The molecule has 0 saturated carbocycles. The molecule has 0 radical (unpaired) electrons. The Morgan fingerprint density at radius 2 is 2.38 bits per heavy atom. The van der Waals surface area contributed by atoms with E-state index in [9.17, 15) is 4.79 Å². The van der Waals surface area contributed by atoms with Crippen molar-refractivity contribution in [3.05, 3.63) is 23.8 Å². The zero-order chi connectivity index (χ0) is 11.5. The molecule has 5 heteroatoms. The van der Waals surface area contributed by atoms with Gasteiger partial charge in [0.2, 0.25) is 0 Å². The van der Waals surface area contributed by atoms with E-state index in [-0.39, 0.29) is 18.4 Å². The number of nitrogens with zero attached hydrogens (tertiary/aromatic N) is 3. The molecule has 86 valence electrons. The third-order valence-corrected chi connectivity index (χ3v) is 2.83. The number of aromatic nitrogens is 2. The van der Waals surface area contributed by atoms with Crippen molar-refractivity contribution in [3.8, 4) is 0 Å². The van der Waals surface area contributed by atoms with Gasteiger partial charge in [0, 0.05) is 31.8 Å². The first-order valence-corrected chi connectivity index (χ1v) is 5.39. The second-order valence-electron chi connectivity index (χ2n) is 4.13. The van der Waals surface area contributed by atoms with Crippen molar-refractivity contribution in [2.75, 3.05) is 19.7 Å². The smallest absolute Gasteiger partial charge is 0.274 e. The van der Waals surface area contributed by atoms with Gasteiger partial charge in [-0.1, -0.05) is 0 Å². The van der Waals surface area contributed by atoms with Crippen LogP contribution in [0.15, 0.2) is 12.4 Å². The molecule has 0 aliphatic carbocycles. The molecule has 1 aromatic rings. The molecule has 2 rings (SSSR count). The fourth-order valence-electron chi connectivity index (χ4n) is 1.83. The first-order valence-electron chi connectivity index (χ1n) is 5.39. The van der Waals surface area contributed by atoms with Gasteiger partial charge >= 0.3 is 0 Å². The highest BCUT2D eigenvalue weighted by Crippen LogP contribution is 2.17. The standard InChI is InChI=1S/C11H15N3O2/c1-8-4-13-10(5-12-8)11(16)14-3-2-9(6-14)7-15/h4-5,9,15H,2-3,6-7H2,1H3. The molecule has 1 aliphatic rings. The van der Waals surface area contributed by atoms with E-state index in [1.165, 1.54) is 6.20 Å². The highest BCUT2D eigenvalue weighted by atomic mass is 16.3. The second-order valence-corrected chi connectivity index (χ2v) is 4.13. The predicted octanol–water partition coefficient (Wildman–Crippen LogP) is 0.239. The summed E-state index contributed by atoms with van der Waals surface area (Å²) in [4.78, 5) is 21.8. The third-order valence-electron chi connectivity index (χ3n) is 2.83. The molecular weight excluding hydrogens is 206 g/mol. The molecule has 5 nitrogen and oxygen atoms in total. The molecule has 1 aliphatic heterocycles. The lowest BCUT2D eigenvalue weighted by molar-refractivity contribution is 0.0775. The Morgan fingerprint density at radius 3 is 2.94 bits per heavy atom. The van der Waals surface area contributed by atoms with Crippen molar-refractivity contribution in [1.82, 2.24) is 14.9 Å². The Balaban J connectivity index is 2.05. The summed E-state index contributed by atoms with van der Waals surface area (Å²) in [6.07, 6.45) is 3.96. The minimum Gasteiger partial charge on any atom is -0.396 e. The van der Waals surface area contributed by atoms with Crippen LogP contribution in [0, 0.1) is 12.8 Å². The van der Waals surface area contributed by atoms with Crippen LogP contribution in [0.3, 0.4) is 0 Å². The Morgan fingerprint density at radius 1 is 1.56 bits per heavy atom. The van der Waals surface area contributed by atoms with Gasteiger partial charge in [0.15, 0.2) is 0 Å². The normalized spacial score (nSPS) is 20.1. The minimum atomic E-state index is -0.0940. The molecule has 1 aromatic heterocycles. The lowest BCUT2D eigenvalue weighted by atomic mass is 10.1. The summed E-state index contributed by atoms with van der Waals surface area (Å²) in [5, 5.41) is 9.01. The summed E-state index contributed by atoms with van der Waals surface area (Å²) in [5.74, 6) is 0.116. The number of aryl methyl sites for hydroxylation is 1. The fourth-order valence-corrected chi connectivity index (χ4v) is 1.83. The van der Waals surface area contributed by atoms with E-state index >= 15 is 0 Å². The lowest BCUT2D eigenvalue weighted by Gasteiger charge is -2.15. The molecule has 1 atom stereocenters. The molecule has 2 heterocycles. The Kier molecular flexibility index (Phi) is 3.14. The zero-order valence-corrected chi connectivity index (χ0v) is 9.26. The van der Waals surface area contributed by atoms with E-state index in [0.29, 0.717) is 18.8 Å². The highest BCUT2D eigenvalue weighted by Gasteiger charge is 2.27. The molecule has 16 heavy (non-hydrogen) atoms. The Hall–Kier alpha value is -1.49. The number of amides is 1. The van der Waals surface area contributed by atoms with Gasteiger partial charge < -0.3 is 10.0 Å². The fraction of sp³-hybridized carbons (Fsp3) is 0.545. The zero-order valence-electron chi connectivity index (χ0n) is 9.26. The Bertz CT molecular complexity index is 377. The molecule has 0 bridgehead atoms. The van der Waals surface area contributed by atoms with Crippen molar-refractivity contribution >= 4 is 5.91 Å². The Labute approximate surface area is 94.1 Å². The van der Waals surface area contributed by atoms with Gasteiger partial charge in [0.1, 0.15) is 5.69 Å². The number of likely N-dealkylation sites (tertiary alicyclic amines) is 1. The minimum absolute atomic E-state index is 0.0940. The summed E-state index contributed by atoms with van der Waals surface area (Å²) in [6.45, 7) is 3.28. The molecule has 1 fully saturated rings. The van der Waals surface area contributed by atoms with Gasteiger partial charge in [-0.15, -0.1) is 0 Å². The average Bonchev–Trinajstić information content (AvgIpc) is 2.77. The molecule has 0 aromatic carbocycles. The van der Waals surface area contributed by atoms with E-state index in [0.717, 1.165) is 12.1 Å². The van der Waals surface area contributed by atoms with Crippen LogP contribution in [0.25, 0.3) is 0 Å². The van der Waals surface area contributed by atoms with Gasteiger partial charge in [-0.25, -0.2) is 4.98 Å². The van der Waals surface area contributed by atoms with Crippen molar-refractivity contribution in [3.63, 3.8) is 0 Å². The number of hydrogen-bond donors (Lipinski definition) is 1. The number of aliphatic hydroxyl groups excluding tert-OH is 1. The first kappa shape index (κ1) is 11.0. The van der Waals surface area contributed by atoms with Crippen LogP contribution >= 0.6 is 0 Å². The van der Waals surface area contributed by atoms with E-state index in [2.05, 4.69) is 9.97 Å². The molecule has 1 unspecified atom stereocenters. The third kappa shape index (κ3) is 2.19. The SMILES string of the molecule is Cc1cnc(C(=O)N2CCC(CO)C2)cn1. The van der Waals surface area contributed by atoms with Crippen LogP contribution in [0.2, 0.25) is 0 Å². The highest BCUT2D eigenvalue weighted by molar-refractivity contribution is 5.92. The molecule has 1 amide bonds. The maximum atomic E-state index is 12.0. The van der Waals surface area contributed by atoms with Crippen LogP contribution < -0.4 is 0 Å².